The van der Waals surface area contributed by atoms with E-state index in [0.717, 1.165) is 13.1 Å². The molecule has 0 atom stereocenters. The Hall–Kier alpha value is -0.930. The Morgan fingerprint density at radius 3 is 2.29 bits per heavy atom. The van der Waals surface area contributed by atoms with Gasteiger partial charge in [0.15, 0.2) is 0 Å². The third kappa shape index (κ3) is 6.58. The van der Waals surface area contributed by atoms with Crippen molar-refractivity contribution >= 4 is 0 Å². The highest BCUT2D eigenvalue weighted by Crippen LogP contribution is 2.13. The van der Waals surface area contributed by atoms with Crippen molar-refractivity contribution < 1.29 is 0 Å². The van der Waals surface area contributed by atoms with E-state index in [2.05, 4.69) is 48.1 Å². The highest BCUT2D eigenvalue weighted by Gasteiger charge is 2.10. The van der Waals surface area contributed by atoms with Gasteiger partial charge in [0.1, 0.15) is 0 Å². The Labute approximate surface area is 130 Å². The molecule has 1 aliphatic rings. The van der Waals surface area contributed by atoms with Crippen LogP contribution in [-0.4, -0.2) is 28.5 Å². The number of nitrogens with one attached hydrogen (secondary N) is 1. The predicted octanol–water partition coefficient (Wildman–Crippen LogP) is 3.74. The number of nitrogens with zero attached hydrogens (tertiary/aromatic N) is 2. The van der Waals surface area contributed by atoms with Crippen LogP contribution in [0.2, 0.25) is 0 Å². The normalized spacial score (nSPS) is 18.2. The van der Waals surface area contributed by atoms with E-state index in [9.17, 15) is 0 Å². The number of hydrogen-bond donors (Lipinski definition) is 1. The van der Waals surface area contributed by atoms with Crippen molar-refractivity contribution in [3.8, 4) is 0 Å². The van der Waals surface area contributed by atoms with E-state index < -0.39 is 0 Å². The van der Waals surface area contributed by atoms with Crippen LogP contribution >= 0.6 is 0 Å². The van der Waals surface area contributed by atoms with Crippen LogP contribution in [0, 0.1) is 0 Å². The molecule has 0 aliphatic carbocycles. The zero-order valence-electron chi connectivity index (χ0n) is 14.0. The van der Waals surface area contributed by atoms with E-state index in [-0.39, 0.29) is 5.54 Å². The SMILES string of the molecule is CC(C)(C)NCc1ccc(CN2CCCCCCC2)nc1. The summed E-state index contributed by atoms with van der Waals surface area (Å²) in [4.78, 5) is 7.21. The number of aromatic nitrogens is 1. The van der Waals surface area contributed by atoms with Gasteiger partial charge in [-0.3, -0.25) is 9.88 Å². The zero-order valence-corrected chi connectivity index (χ0v) is 14.0. The smallest absolute Gasteiger partial charge is 0.0544 e. The molecule has 1 saturated heterocycles. The summed E-state index contributed by atoms with van der Waals surface area (Å²) >= 11 is 0. The fraction of sp³-hybridized carbons (Fsp3) is 0.722. The molecule has 1 fully saturated rings. The molecule has 0 radical (unpaired) electrons. The van der Waals surface area contributed by atoms with E-state index in [1.807, 2.05) is 6.20 Å². The van der Waals surface area contributed by atoms with Crippen LogP contribution in [0.4, 0.5) is 0 Å². The van der Waals surface area contributed by atoms with Crippen LogP contribution < -0.4 is 5.32 Å². The summed E-state index contributed by atoms with van der Waals surface area (Å²) in [6.45, 7) is 10.9. The molecule has 3 nitrogen and oxygen atoms in total. The second kappa shape index (κ2) is 7.90. The van der Waals surface area contributed by atoms with Crippen LogP contribution in [0.3, 0.4) is 0 Å². The van der Waals surface area contributed by atoms with Crippen molar-refractivity contribution in [2.75, 3.05) is 13.1 Å². The van der Waals surface area contributed by atoms with E-state index in [1.165, 1.54) is 56.5 Å². The molecule has 1 N–H and O–H groups in total. The Balaban J connectivity index is 1.83. The van der Waals surface area contributed by atoms with E-state index in [4.69, 9.17) is 0 Å². The second-order valence-electron chi connectivity index (χ2n) is 7.31. The zero-order chi connectivity index (χ0) is 15.1. The minimum Gasteiger partial charge on any atom is -0.308 e. The van der Waals surface area contributed by atoms with Gasteiger partial charge in [-0.1, -0.05) is 25.3 Å². The quantitative estimate of drug-likeness (QED) is 0.915. The van der Waals surface area contributed by atoms with Crippen LogP contribution in [0.15, 0.2) is 18.3 Å². The number of hydrogen-bond acceptors (Lipinski definition) is 3. The molecule has 0 unspecified atom stereocenters. The van der Waals surface area contributed by atoms with E-state index in [1.54, 1.807) is 0 Å². The third-order valence-corrected chi connectivity index (χ3v) is 4.04. The highest BCUT2D eigenvalue weighted by atomic mass is 15.1. The lowest BCUT2D eigenvalue weighted by Crippen LogP contribution is -2.35. The largest absolute Gasteiger partial charge is 0.308 e. The Morgan fingerprint density at radius 1 is 1.05 bits per heavy atom. The van der Waals surface area contributed by atoms with Gasteiger partial charge in [-0.15, -0.1) is 0 Å². The molecule has 0 amide bonds. The lowest BCUT2D eigenvalue weighted by Gasteiger charge is -2.24. The van der Waals surface area contributed by atoms with Crippen molar-refractivity contribution in [1.82, 2.24) is 15.2 Å². The first kappa shape index (κ1) is 16.4. The third-order valence-electron chi connectivity index (χ3n) is 4.04. The molecule has 1 aliphatic heterocycles. The predicted molar refractivity (Wildman–Crippen MR) is 89.2 cm³/mol. The highest BCUT2D eigenvalue weighted by molar-refractivity contribution is 5.14. The maximum Gasteiger partial charge on any atom is 0.0544 e. The average molecular weight is 289 g/mol. The number of pyridine rings is 1. The van der Waals surface area contributed by atoms with Crippen LogP contribution in [0.1, 0.15) is 64.1 Å². The molecule has 1 aromatic rings. The summed E-state index contributed by atoms with van der Waals surface area (Å²) in [6, 6.07) is 4.41. The van der Waals surface area contributed by atoms with Gasteiger partial charge in [-0.2, -0.15) is 0 Å². The fourth-order valence-corrected chi connectivity index (χ4v) is 2.72. The molecule has 2 rings (SSSR count). The van der Waals surface area contributed by atoms with Crippen molar-refractivity contribution in [1.29, 1.82) is 0 Å². The maximum absolute atomic E-state index is 4.65. The van der Waals surface area contributed by atoms with Gasteiger partial charge in [-0.05, 0) is 58.3 Å². The summed E-state index contributed by atoms with van der Waals surface area (Å²) in [5.41, 5.74) is 2.62. The Kier molecular flexibility index (Phi) is 6.19. The summed E-state index contributed by atoms with van der Waals surface area (Å²) in [7, 11) is 0. The summed E-state index contributed by atoms with van der Waals surface area (Å²) in [5, 5.41) is 3.50. The molecule has 2 heterocycles. The van der Waals surface area contributed by atoms with Gasteiger partial charge >= 0.3 is 0 Å². The Bertz CT molecular complexity index is 397. The molecule has 0 aromatic carbocycles. The second-order valence-corrected chi connectivity index (χ2v) is 7.31. The van der Waals surface area contributed by atoms with Crippen LogP contribution in [0.25, 0.3) is 0 Å². The minimum atomic E-state index is 0.156. The lowest BCUT2D eigenvalue weighted by atomic mass is 10.1. The van der Waals surface area contributed by atoms with Gasteiger partial charge < -0.3 is 5.32 Å². The number of likely N-dealkylation sites (tertiary alicyclic amines) is 1. The van der Waals surface area contributed by atoms with E-state index >= 15 is 0 Å². The molecule has 118 valence electrons. The first-order valence-corrected chi connectivity index (χ1v) is 8.44. The van der Waals surface area contributed by atoms with Gasteiger partial charge in [0, 0.05) is 24.8 Å². The maximum atomic E-state index is 4.65. The van der Waals surface area contributed by atoms with Crippen molar-refractivity contribution in [3.63, 3.8) is 0 Å². The van der Waals surface area contributed by atoms with Crippen molar-refractivity contribution in [2.24, 2.45) is 0 Å². The van der Waals surface area contributed by atoms with Gasteiger partial charge in [-0.25, -0.2) is 0 Å². The summed E-state index contributed by atoms with van der Waals surface area (Å²) < 4.78 is 0. The minimum absolute atomic E-state index is 0.156. The van der Waals surface area contributed by atoms with Crippen LogP contribution in [0.5, 0.6) is 0 Å². The molecular weight excluding hydrogens is 258 g/mol. The standard InChI is InChI=1S/C18H31N3/c1-18(2,3)20-14-16-9-10-17(19-13-16)15-21-11-7-5-4-6-8-12-21/h9-10,13,20H,4-8,11-12,14-15H2,1-3H3. The molecular formula is C18H31N3. The van der Waals surface area contributed by atoms with Gasteiger partial charge in [0.05, 0.1) is 5.69 Å². The molecule has 1 aromatic heterocycles. The molecule has 0 bridgehead atoms. The first-order valence-electron chi connectivity index (χ1n) is 8.44. The summed E-state index contributed by atoms with van der Waals surface area (Å²) in [5.74, 6) is 0. The fourth-order valence-electron chi connectivity index (χ4n) is 2.72. The average Bonchev–Trinajstić information content (AvgIpc) is 2.40. The first-order chi connectivity index (χ1) is 10.0. The van der Waals surface area contributed by atoms with Gasteiger partial charge in [0.2, 0.25) is 0 Å². The molecule has 0 spiro atoms. The topological polar surface area (TPSA) is 28.2 Å². The van der Waals surface area contributed by atoms with Crippen molar-refractivity contribution in [2.45, 2.75) is 71.5 Å². The monoisotopic (exact) mass is 289 g/mol. The molecule has 3 heteroatoms. The van der Waals surface area contributed by atoms with Crippen LogP contribution in [-0.2, 0) is 13.1 Å². The number of rotatable bonds is 4. The molecule has 21 heavy (non-hydrogen) atoms. The lowest BCUT2D eigenvalue weighted by molar-refractivity contribution is 0.237. The van der Waals surface area contributed by atoms with E-state index in [0.29, 0.717) is 0 Å². The van der Waals surface area contributed by atoms with Gasteiger partial charge in [0.25, 0.3) is 0 Å². The molecule has 0 saturated carbocycles. The Morgan fingerprint density at radius 2 is 1.71 bits per heavy atom. The van der Waals surface area contributed by atoms with Crippen molar-refractivity contribution in [3.05, 3.63) is 29.6 Å². The summed E-state index contributed by atoms with van der Waals surface area (Å²) in [6.07, 6.45) is 8.91.